The average Bonchev–Trinajstić information content (AvgIpc) is 2.35. The van der Waals surface area contributed by atoms with Crippen LogP contribution in [0.1, 0.15) is 19.4 Å². The molecule has 0 radical (unpaired) electrons. The first-order valence-electron chi connectivity index (χ1n) is 3.26. The van der Waals surface area contributed by atoms with Gasteiger partial charge in [0, 0.05) is 0 Å². The summed E-state index contributed by atoms with van der Waals surface area (Å²) in [5, 5.41) is 12.2. The Kier molecular flexibility index (Phi) is 2.20. The molecule has 0 aliphatic heterocycles. The first-order chi connectivity index (χ1) is 5.20. The Morgan fingerprint density at radius 2 is 2.55 bits per heavy atom. The van der Waals surface area contributed by atoms with Gasteiger partial charge in [-0.1, -0.05) is 0 Å². The van der Waals surface area contributed by atoms with E-state index in [1.807, 2.05) is 0 Å². The zero-order valence-electron chi connectivity index (χ0n) is 6.14. The van der Waals surface area contributed by atoms with Gasteiger partial charge >= 0.3 is 5.97 Å². The fourth-order valence-corrected chi connectivity index (χ4v) is 0.791. The number of carboxylic acid groups (broad SMARTS) is 1. The largest absolute Gasteiger partial charge is 0.481 e. The minimum Gasteiger partial charge on any atom is -0.481 e. The van der Waals surface area contributed by atoms with E-state index >= 15 is 0 Å². The third-order valence-electron chi connectivity index (χ3n) is 1.36. The molecule has 1 unspecified atom stereocenters. The number of aromatic nitrogens is 3. The molecule has 0 saturated heterocycles. The predicted octanol–water partition coefficient (Wildman–Crippen LogP) is 0.314. The molecule has 1 rings (SSSR count). The second-order valence-corrected chi connectivity index (χ2v) is 2.32. The highest BCUT2D eigenvalue weighted by atomic mass is 16.4. The van der Waals surface area contributed by atoms with Crippen molar-refractivity contribution in [3.8, 4) is 0 Å². The van der Waals surface area contributed by atoms with Gasteiger partial charge in [0.25, 0.3) is 0 Å². The van der Waals surface area contributed by atoms with E-state index in [4.69, 9.17) is 5.11 Å². The van der Waals surface area contributed by atoms with Gasteiger partial charge in [-0.2, -0.15) is 5.10 Å². The fraction of sp³-hybridized carbons (Fsp3) is 0.500. The molecule has 0 spiro atoms. The van der Waals surface area contributed by atoms with Gasteiger partial charge < -0.3 is 5.11 Å². The lowest BCUT2D eigenvalue weighted by Gasteiger charge is -2.06. The molecule has 0 aliphatic carbocycles. The molecule has 11 heavy (non-hydrogen) atoms. The van der Waals surface area contributed by atoms with Crippen molar-refractivity contribution < 1.29 is 9.90 Å². The van der Waals surface area contributed by atoms with E-state index in [1.54, 1.807) is 6.92 Å². The van der Waals surface area contributed by atoms with E-state index in [-0.39, 0.29) is 12.5 Å². The van der Waals surface area contributed by atoms with Crippen LogP contribution in [-0.2, 0) is 4.79 Å². The zero-order valence-corrected chi connectivity index (χ0v) is 6.14. The lowest BCUT2D eigenvalue weighted by Crippen LogP contribution is -2.10. The summed E-state index contributed by atoms with van der Waals surface area (Å²) < 4.78 is 1.52. The number of nitrogens with zero attached hydrogens (tertiary/aromatic N) is 3. The van der Waals surface area contributed by atoms with Gasteiger partial charge in [0.15, 0.2) is 0 Å². The molecular weight excluding hydrogens is 146 g/mol. The maximum absolute atomic E-state index is 10.2. The van der Waals surface area contributed by atoms with Gasteiger partial charge in [0.05, 0.1) is 12.5 Å². The highest BCUT2D eigenvalue weighted by molar-refractivity contribution is 5.67. The van der Waals surface area contributed by atoms with Crippen molar-refractivity contribution in [2.45, 2.75) is 19.4 Å². The predicted molar refractivity (Wildman–Crippen MR) is 37.0 cm³/mol. The molecule has 0 saturated carbocycles. The van der Waals surface area contributed by atoms with Gasteiger partial charge in [0.2, 0.25) is 0 Å². The van der Waals surface area contributed by atoms with Gasteiger partial charge in [0.1, 0.15) is 12.7 Å². The van der Waals surface area contributed by atoms with Crippen molar-refractivity contribution >= 4 is 5.97 Å². The lowest BCUT2D eigenvalue weighted by molar-refractivity contribution is -0.137. The Balaban J connectivity index is 2.56. The molecule has 1 heterocycles. The maximum atomic E-state index is 10.2. The summed E-state index contributed by atoms with van der Waals surface area (Å²) in [6, 6.07) is -0.130. The van der Waals surface area contributed by atoms with Crippen LogP contribution < -0.4 is 0 Å². The Morgan fingerprint density at radius 1 is 1.82 bits per heavy atom. The molecule has 1 N–H and O–H groups in total. The number of hydrogen-bond acceptors (Lipinski definition) is 3. The van der Waals surface area contributed by atoms with Crippen molar-refractivity contribution in [1.82, 2.24) is 14.8 Å². The van der Waals surface area contributed by atoms with Crippen LogP contribution in [0.15, 0.2) is 12.7 Å². The smallest absolute Gasteiger partial charge is 0.305 e. The average molecular weight is 155 g/mol. The SMILES string of the molecule is CC(CC(=O)O)n1cncn1. The van der Waals surface area contributed by atoms with Crippen molar-refractivity contribution in [3.63, 3.8) is 0 Å². The van der Waals surface area contributed by atoms with Crippen LogP contribution in [-0.4, -0.2) is 25.8 Å². The summed E-state index contributed by atoms with van der Waals surface area (Å²) >= 11 is 0. The van der Waals surface area contributed by atoms with Crippen molar-refractivity contribution in [2.75, 3.05) is 0 Å². The van der Waals surface area contributed by atoms with Crippen molar-refractivity contribution in [3.05, 3.63) is 12.7 Å². The fourth-order valence-electron chi connectivity index (χ4n) is 0.791. The van der Waals surface area contributed by atoms with Crippen molar-refractivity contribution in [1.29, 1.82) is 0 Å². The van der Waals surface area contributed by atoms with E-state index < -0.39 is 5.97 Å². The number of carboxylic acids is 1. The zero-order chi connectivity index (χ0) is 8.27. The second-order valence-electron chi connectivity index (χ2n) is 2.32. The monoisotopic (exact) mass is 155 g/mol. The molecular formula is C6H9N3O2. The molecule has 5 nitrogen and oxygen atoms in total. The van der Waals surface area contributed by atoms with Crippen LogP contribution in [0.25, 0.3) is 0 Å². The van der Waals surface area contributed by atoms with Crippen molar-refractivity contribution in [2.24, 2.45) is 0 Å². The van der Waals surface area contributed by atoms with E-state index in [0.717, 1.165) is 0 Å². The number of aliphatic carboxylic acids is 1. The molecule has 0 fully saturated rings. The number of carbonyl (C=O) groups is 1. The van der Waals surface area contributed by atoms with Gasteiger partial charge in [-0.05, 0) is 6.92 Å². The highest BCUT2D eigenvalue weighted by Gasteiger charge is 2.08. The Hall–Kier alpha value is -1.39. The molecule has 0 bridgehead atoms. The molecule has 60 valence electrons. The maximum Gasteiger partial charge on any atom is 0.305 e. The van der Waals surface area contributed by atoms with Crippen LogP contribution in [0, 0.1) is 0 Å². The molecule has 0 aromatic carbocycles. The first-order valence-corrected chi connectivity index (χ1v) is 3.26. The molecule has 1 aromatic heterocycles. The summed E-state index contributed by atoms with van der Waals surface area (Å²) in [6.45, 7) is 1.78. The molecule has 5 heteroatoms. The van der Waals surface area contributed by atoms with Crippen LogP contribution in [0.5, 0.6) is 0 Å². The normalized spacial score (nSPS) is 12.8. The summed E-state index contributed by atoms with van der Waals surface area (Å²) in [5.41, 5.74) is 0. The number of rotatable bonds is 3. The quantitative estimate of drug-likeness (QED) is 0.682. The highest BCUT2D eigenvalue weighted by Crippen LogP contribution is 2.06. The molecule has 0 amide bonds. The second kappa shape index (κ2) is 3.14. The van der Waals surface area contributed by atoms with Crippen LogP contribution in [0.3, 0.4) is 0 Å². The van der Waals surface area contributed by atoms with Crippen LogP contribution >= 0.6 is 0 Å². The van der Waals surface area contributed by atoms with E-state index in [1.165, 1.54) is 17.3 Å². The third-order valence-corrected chi connectivity index (χ3v) is 1.36. The van der Waals surface area contributed by atoms with E-state index in [2.05, 4.69) is 10.1 Å². The first kappa shape index (κ1) is 7.71. The van der Waals surface area contributed by atoms with Gasteiger partial charge in [-0.3, -0.25) is 4.79 Å². The van der Waals surface area contributed by atoms with Gasteiger partial charge in [-0.25, -0.2) is 9.67 Å². The summed E-state index contributed by atoms with van der Waals surface area (Å²) in [7, 11) is 0. The lowest BCUT2D eigenvalue weighted by atomic mass is 10.2. The summed E-state index contributed by atoms with van der Waals surface area (Å²) in [5.74, 6) is -0.826. The van der Waals surface area contributed by atoms with E-state index in [9.17, 15) is 4.79 Å². The Morgan fingerprint density at radius 3 is 3.00 bits per heavy atom. The summed E-state index contributed by atoms with van der Waals surface area (Å²) in [6.07, 6.45) is 2.97. The summed E-state index contributed by atoms with van der Waals surface area (Å²) in [4.78, 5) is 14.0. The van der Waals surface area contributed by atoms with Crippen LogP contribution in [0.4, 0.5) is 0 Å². The molecule has 1 atom stereocenters. The third kappa shape index (κ3) is 2.03. The Labute approximate surface area is 63.7 Å². The Bertz CT molecular complexity index is 232. The van der Waals surface area contributed by atoms with E-state index in [0.29, 0.717) is 0 Å². The minimum atomic E-state index is -0.826. The van der Waals surface area contributed by atoms with Crippen LogP contribution in [0.2, 0.25) is 0 Å². The topological polar surface area (TPSA) is 68.0 Å². The molecule has 1 aromatic rings. The molecule has 0 aliphatic rings. The minimum absolute atomic E-state index is 0.0728. The number of hydrogen-bond donors (Lipinski definition) is 1. The van der Waals surface area contributed by atoms with Gasteiger partial charge in [-0.15, -0.1) is 0 Å². The standard InChI is InChI=1S/C6H9N3O2/c1-5(2-6(10)11)9-4-7-3-8-9/h3-5H,2H2,1H3,(H,10,11).